The number of piperidine rings is 1. The number of nitrogens with one attached hydrogen (secondary N) is 1. The van der Waals surface area contributed by atoms with Crippen LogP contribution in [0, 0.1) is 5.92 Å². The molecule has 1 aromatic rings. The zero-order valence-electron chi connectivity index (χ0n) is 9.26. The van der Waals surface area contributed by atoms with E-state index in [0.717, 1.165) is 25.9 Å². The van der Waals surface area contributed by atoms with Gasteiger partial charge in [0.25, 0.3) is 0 Å². The molecule has 0 saturated carbocycles. The summed E-state index contributed by atoms with van der Waals surface area (Å²) in [6.45, 7) is 1.72. The molecule has 1 fully saturated rings. The van der Waals surface area contributed by atoms with Gasteiger partial charge in [-0.25, -0.2) is 18.4 Å². The molecule has 1 saturated heterocycles. The fourth-order valence-corrected chi connectivity index (χ4v) is 3.72. The van der Waals surface area contributed by atoms with Crippen molar-refractivity contribution in [3.05, 3.63) is 17.5 Å². The molecule has 0 radical (unpaired) electrons. The summed E-state index contributed by atoms with van der Waals surface area (Å²) in [6, 6.07) is 1.39. The number of hydrogen-bond acceptors (Lipinski definition) is 5. The van der Waals surface area contributed by atoms with Gasteiger partial charge in [-0.2, -0.15) is 0 Å². The second-order valence-electron chi connectivity index (χ2n) is 4.16. The second kappa shape index (κ2) is 5.29. The highest BCUT2D eigenvalue weighted by Crippen LogP contribution is 2.17. The maximum Gasteiger partial charge on any atom is 0.223 e. The van der Waals surface area contributed by atoms with Crippen LogP contribution >= 0.6 is 11.6 Å². The number of hydrogen-bond donors (Lipinski definition) is 1. The molecule has 0 amide bonds. The normalized spacial score (nSPS) is 21.4. The number of sulfone groups is 1. The SMILES string of the molecule is O=S(=O)(CC1CCCNC1)c1ccnc(Cl)n1. The predicted molar refractivity (Wildman–Crippen MR) is 64.7 cm³/mol. The van der Waals surface area contributed by atoms with Gasteiger partial charge in [-0.1, -0.05) is 0 Å². The van der Waals surface area contributed by atoms with Crippen LogP contribution in [0.15, 0.2) is 17.3 Å². The van der Waals surface area contributed by atoms with Crippen LogP contribution in [0.25, 0.3) is 0 Å². The fourth-order valence-electron chi connectivity index (χ4n) is 1.95. The van der Waals surface area contributed by atoms with Crippen molar-refractivity contribution in [3.8, 4) is 0 Å². The third kappa shape index (κ3) is 3.37. The van der Waals surface area contributed by atoms with E-state index in [-0.39, 0.29) is 22.0 Å². The van der Waals surface area contributed by atoms with Gasteiger partial charge in [-0.05, 0) is 49.5 Å². The quantitative estimate of drug-likeness (QED) is 0.656. The van der Waals surface area contributed by atoms with Crippen LogP contribution in [0.4, 0.5) is 0 Å². The molecule has 2 heterocycles. The van der Waals surface area contributed by atoms with Crippen molar-refractivity contribution >= 4 is 21.4 Å². The lowest BCUT2D eigenvalue weighted by molar-refractivity contribution is 0.403. The molecule has 2 rings (SSSR count). The van der Waals surface area contributed by atoms with Crippen molar-refractivity contribution in [1.82, 2.24) is 15.3 Å². The molecule has 1 aromatic heterocycles. The van der Waals surface area contributed by atoms with E-state index in [1.165, 1.54) is 12.3 Å². The highest BCUT2D eigenvalue weighted by Gasteiger charge is 2.24. The molecular formula is C10H14ClN3O2S. The van der Waals surface area contributed by atoms with Gasteiger partial charge in [0.05, 0.1) is 5.75 Å². The number of rotatable bonds is 3. The van der Waals surface area contributed by atoms with Crippen molar-refractivity contribution in [1.29, 1.82) is 0 Å². The molecule has 1 atom stereocenters. The summed E-state index contributed by atoms with van der Waals surface area (Å²) in [4.78, 5) is 7.43. The van der Waals surface area contributed by atoms with Gasteiger partial charge in [0.2, 0.25) is 5.28 Å². The van der Waals surface area contributed by atoms with Crippen molar-refractivity contribution in [2.75, 3.05) is 18.8 Å². The molecular weight excluding hydrogens is 262 g/mol. The second-order valence-corrected chi connectivity index (χ2v) is 6.48. The van der Waals surface area contributed by atoms with Gasteiger partial charge in [0.1, 0.15) is 0 Å². The summed E-state index contributed by atoms with van der Waals surface area (Å²) in [6.07, 6.45) is 3.32. The minimum absolute atomic E-state index is 0.0167. The monoisotopic (exact) mass is 275 g/mol. The zero-order chi connectivity index (χ0) is 12.3. The lowest BCUT2D eigenvalue weighted by Gasteiger charge is -2.22. The molecule has 1 aliphatic rings. The van der Waals surface area contributed by atoms with Gasteiger partial charge < -0.3 is 5.32 Å². The summed E-state index contributed by atoms with van der Waals surface area (Å²) in [5, 5.41) is 3.18. The Balaban J connectivity index is 2.13. The maximum atomic E-state index is 12.1. The zero-order valence-corrected chi connectivity index (χ0v) is 10.8. The molecule has 0 spiro atoms. The minimum atomic E-state index is -3.36. The van der Waals surface area contributed by atoms with Crippen molar-refractivity contribution in [2.45, 2.75) is 17.9 Å². The van der Waals surface area contributed by atoms with E-state index in [2.05, 4.69) is 15.3 Å². The Bertz CT molecular complexity index is 486. The molecule has 1 unspecified atom stereocenters. The molecule has 7 heteroatoms. The standard InChI is InChI=1S/C10H14ClN3O2S/c11-10-13-5-3-9(14-10)17(15,16)7-8-2-1-4-12-6-8/h3,5,8,12H,1-2,4,6-7H2. The van der Waals surface area contributed by atoms with Crippen LogP contribution in [0.1, 0.15) is 12.8 Å². The first-order valence-electron chi connectivity index (χ1n) is 5.50. The first-order valence-corrected chi connectivity index (χ1v) is 7.53. The summed E-state index contributed by atoms with van der Waals surface area (Å²) < 4.78 is 24.2. The van der Waals surface area contributed by atoms with Crippen LogP contribution in [-0.2, 0) is 9.84 Å². The highest BCUT2D eigenvalue weighted by atomic mass is 35.5. The average Bonchev–Trinajstić information content (AvgIpc) is 2.30. The predicted octanol–water partition coefficient (Wildman–Crippen LogP) is 0.903. The van der Waals surface area contributed by atoms with Gasteiger partial charge >= 0.3 is 0 Å². The summed E-state index contributed by atoms with van der Waals surface area (Å²) in [7, 11) is -3.36. The van der Waals surface area contributed by atoms with Crippen LogP contribution < -0.4 is 5.32 Å². The molecule has 5 nitrogen and oxygen atoms in total. The van der Waals surface area contributed by atoms with Crippen LogP contribution in [0.3, 0.4) is 0 Å². The molecule has 0 aromatic carbocycles. The Labute approximate surface area is 106 Å². The Morgan fingerprint density at radius 1 is 1.53 bits per heavy atom. The molecule has 1 N–H and O–H groups in total. The summed E-state index contributed by atoms with van der Waals surface area (Å²) in [5.74, 6) is 0.273. The fraction of sp³-hybridized carbons (Fsp3) is 0.600. The number of halogens is 1. The number of aromatic nitrogens is 2. The third-order valence-corrected chi connectivity index (χ3v) is 4.73. The highest BCUT2D eigenvalue weighted by molar-refractivity contribution is 7.91. The lowest BCUT2D eigenvalue weighted by atomic mass is 10.0. The first kappa shape index (κ1) is 12.7. The van der Waals surface area contributed by atoms with E-state index >= 15 is 0 Å². The van der Waals surface area contributed by atoms with Crippen molar-refractivity contribution in [3.63, 3.8) is 0 Å². The van der Waals surface area contributed by atoms with Gasteiger partial charge in [0, 0.05) is 6.20 Å². The molecule has 0 aliphatic carbocycles. The van der Waals surface area contributed by atoms with E-state index in [4.69, 9.17) is 11.6 Å². The Hall–Kier alpha value is -0.720. The van der Waals surface area contributed by atoms with Crippen LogP contribution in [0.2, 0.25) is 5.28 Å². The third-order valence-electron chi connectivity index (χ3n) is 2.77. The summed E-state index contributed by atoms with van der Waals surface area (Å²) >= 11 is 5.59. The van der Waals surface area contributed by atoms with Crippen molar-refractivity contribution in [2.24, 2.45) is 5.92 Å². The van der Waals surface area contributed by atoms with E-state index in [9.17, 15) is 8.42 Å². The van der Waals surface area contributed by atoms with Crippen LogP contribution in [-0.4, -0.2) is 37.2 Å². The lowest BCUT2D eigenvalue weighted by Crippen LogP contribution is -2.34. The molecule has 1 aliphatic heterocycles. The molecule has 94 valence electrons. The largest absolute Gasteiger partial charge is 0.316 e. The smallest absolute Gasteiger partial charge is 0.223 e. The number of nitrogens with zero attached hydrogens (tertiary/aromatic N) is 2. The van der Waals surface area contributed by atoms with E-state index < -0.39 is 9.84 Å². The van der Waals surface area contributed by atoms with Gasteiger partial charge in [-0.3, -0.25) is 0 Å². The van der Waals surface area contributed by atoms with E-state index in [1.54, 1.807) is 0 Å². The van der Waals surface area contributed by atoms with Gasteiger partial charge in [0.15, 0.2) is 14.9 Å². The van der Waals surface area contributed by atoms with E-state index in [1.807, 2.05) is 0 Å². The minimum Gasteiger partial charge on any atom is -0.316 e. The van der Waals surface area contributed by atoms with Gasteiger partial charge in [-0.15, -0.1) is 0 Å². The van der Waals surface area contributed by atoms with Crippen LogP contribution in [0.5, 0.6) is 0 Å². The van der Waals surface area contributed by atoms with E-state index in [0.29, 0.717) is 0 Å². The summed E-state index contributed by atoms with van der Waals surface area (Å²) in [5.41, 5.74) is 0. The Morgan fingerprint density at radius 2 is 2.35 bits per heavy atom. The molecule has 0 bridgehead atoms. The molecule has 17 heavy (non-hydrogen) atoms. The topological polar surface area (TPSA) is 72.0 Å². The maximum absolute atomic E-state index is 12.1. The Kier molecular flexibility index (Phi) is 3.96. The van der Waals surface area contributed by atoms with Crippen molar-refractivity contribution < 1.29 is 8.42 Å². The average molecular weight is 276 g/mol. The Morgan fingerprint density at radius 3 is 3.00 bits per heavy atom. The first-order chi connectivity index (χ1) is 8.08.